The van der Waals surface area contributed by atoms with Crippen LogP contribution in [-0.2, 0) is 24.6 Å². The minimum atomic E-state index is -0.182. The first-order chi connectivity index (χ1) is 12.7. The van der Waals surface area contributed by atoms with Gasteiger partial charge in [0.25, 0.3) is 0 Å². The van der Waals surface area contributed by atoms with E-state index in [0.717, 1.165) is 37.1 Å². The lowest BCUT2D eigenvalue weighted by molar-refractivity contribution is -0.00204. The van der Waals surface area contributed by atoms with Gasteiger partial charge in [0.2, 0.25) is 0 Å². The smallest absolute Gasteiger partial charge is 0.319 e. The summed E-state index contributed by atoms with van der Waals surface area (Å²) in [6, 6.07) is 3.92. The van der Waals surface area contributed by atoms with Gasteiger partial charge in [-0.25, -0.2) is 4.79 Å². The third-order valence-corrected chi connectivity index (χ3v) is 5.24. The Bertz CT molecular complexity index is 788. The average molecular weight is 355 g/mol. The molecule has 1 fully saturated rings. The topological polar surface area (TPSA) is 81.1 Å². The number of fused-ring (bicyclic) bond motifs is 1. The number of urea groups is 1. The van der Waals surface area contributed by atoms with Gasteiger partial charge in [0.15, 0.2) is 0 Å². The highest BCUT2D eigenvalue weighted by Crippen LogP contribution is 2.27. The highest BCUT2D eigenvalue weighted by molar-refractivity contribution is 5.89. The zero-order valence-electron chi connectivity index (χ0n) is 15.1. The van der Waals surface area contributed by atoms with E-state index in [-0.39, 0.29) is 18.2 Å². The van der Waals surface area contributed by atoms with Gasteiger partial charge < -0.3 is 15.4 Å². The number of hydrogen-bond acceptors (Lipinski definition) is 4. The molecule has 2 aromatic heterocycles. The van der Waals surface area contributed by atoms with Gasteiger partial charge in [0.05, 0.1) is 17.6 Å². The Morgan fingerprint density at radius 2 is 2.23 bits per heavy atom. The Hall–Kier alpha value is -2.41. The van der Waals surface area contributed by atoms with Gasteiger partial charge >= 0.3 is 6.03 Å². The molecule has 2 amide bonds. The van der Waals surface area contributed by atoms with E-state index >= 15 is 0 Å². The summed E-state index contributed by atoms with van der Waals surface area (Å²) in [6.45, 7) is 0.626. The van der Waals surface area contributed by atoms with E-state index in [4.69, 9.17) is 4.74 Å². The molecule has 2 unspecified atom stereocenters. The molecule has 3 heterocycles. The largest absolute Gasteiger partial charge is 0.372 e. The van der Waals surface area contributed by atoms with Crippen LogP contribution in [0.2, 0.25) is 0 Å². The Morgan fingerprint density at radius 1 is 1.35 bits per heavy atom. The third-order valence-electron chi connectivity index (χ3n) is 5.24. The molecule has 0 aromatic carbocycles. The molecule has 1 aliphatic heterocycles. The minimum Gasteiger partial charge on any atom is -0.372 e. The van der Waals surface area contributed by atoms with Crippen molar-refractivity contribution >= 4 is 11.7 Å². The van der Waals surface area contributed by atoms with Crippen molar-refractivity contribution in [1.29, 1.82) is 0 Å². The van der Waals surface area contributed by atoms with Crippen molar-refractivity contribution in [3.63, 3.8) is 0 Å². The number of rotatable bonds is 3. The van der Waals surface area contributed by atoms with Crippen LogP contribution >= 0.6 is 0 Å². The number of aromatic nitrogens is 3. The average Bonchev–Trinajstić information content (AvgIpc) is 3.08. The molecule has 138 valence electrons. The number of ether oxygens (including phenoxy) is 1. The van der Waals surface area contributed by atoms with Crippen LogP contribution in [-0.4, -0.2) is 33.4 Å². The molecule has 7 nitrogen and oxygen atoms in total. The van der Waals surface area contributed by atoms with Crippen molar-refractivity contribution in [2.24, 2.45) is 7.05 Å². The molecule has 2 aliphatic rings. The maximum atomic E-state index is 12.4. The summed E-state index contributed by atoms with van der Waals surface area (Å²) in [4.78, 5) is 16.9. The first-order valence-corrected chi connectivity index (χ1v) is 9.34. The monoisotopic (exact) mass is 355 g/mol. The van der Waals surface area contributed by atoms with Gasteiger partial charge in [-0.1, -0.05) is 0 Å². The van der Waals surface area contributed by atoms with Gasteiger partial charge in [-0.3, -0.25) is 9.67 Å². The number of nitrogens with one attached hydrogen (secondary N) is 2. The van der Waals surface area contributed by atoms with Gasteiger partial charge in [-0.15, -0.1) is 0 Å². The summed E-state index contributed by atoms with van der Waals surface area (Å²) in [5.74, 6) is 0. The standard InChI is InChI=1S/C19H25N5O2/c1-24-17(6-8-21-24)18-11-14(7-9-26-18)22-19(25)23-15-10-13-4-2-3-5-16(13)20-12-15/h6,8,10,12,14,18H,2-5,7,9,11H2,1H3,(H2,22,23,25). The molecule has 26 heavy (non-hydrogen) atoms. The van der Waals surface area contributed by atoms with Crippen molar-refractivity contribution < 1.29 is 9.53 Å². The summed E-state index contributed by atoms with van der Waals surface area (Å²) in [7, 11) is 1.91. The number of nitrogens with zero attached hydrogens (tertiary/aromatic N) is 3. The quantitative estimate of drug-likeness (QED) is 0.887. The minimum absolute atomic E-state index is 0.0352. The molecule has 7 heteroatoms. The molecular formula is C19H25N5O2. The molecule has 1 aliphatic carbocycles. The number of amides is 2. The van der Waals surface area contributed by atoms with Crippen LogP contribution in [0, 0.1) is 0 Å². The van der Waals surface area contributed by atoms with Gasteiger partial charge in [0, 0.05) is 31.6 Å². The highest BCUT2D eigenvalue weighted by Gasteiger charge is 2.27. The number of pyridine rings is 1. The molecule has 2 N–H and O–H groups in total. The molecule has 0 bridgehead atoms. The number of carbonyl (C=O) groups excluding carboxylic acids is 1. The lowest BCUT2D eigenvalue weighted by Crippen LogP contribution is -2.42. The fourth-order valence-electron chi connectivity index (χ4n) is 3.84. The second-order valence-corrected chi connectivity index (χ2v) is 7.10. The highest BCUT2D eigenvalue weighted by atomic mass is 16.5. The predicted molar refractivity (Wildman–Crippen MR) is 98.0 cm³/mol. The van der Waals surface area contributed by atoms with Gasteiger partial charge in [0.1, 0.15) is 6.10 Å². The van der Waals surface area contributed by atoms with E-state index in [1.165, 1.54) is 24.1 Å². The molecule has 2 aromatic rings. The van der Waals surface area contributed by atoms with Crippen molar-refractivity contribution in [3.05, 3.63) is 41.5 Å². The Kier molecular flexibility index (Phi) is 4.88. The Labute approximate surface area is 153 Å². The molecule has 1 saturated heterocycles. The maximum absolute atomic E-state index is 12.4. The fourth-order valence-corrected chi connectivity index (χ4v) is 3.84. The zero-order chi connectivity index (χ0) is 17.9. The second-order valence-electron chi connectivity index (χ2n) is 7.10. The Balaban J connectivity index is 1.35. The summed E-state index contributed by atoms with van der Waals surface area (Å²) in [5.41, 5.74) is 4.23. The molecule has 2 atom stereocenters. The van der Waals surface area contributed by atoms with E-state index in [1.807, 2.05) is 17.8 Å². The van der Waals surface area contributed by atoms with Crippen molar-refractivity contribution in [1.82, 2.24) is 20.1 Å². The van der Waals surface area contributed by atoms with Crippen LogP contribution in [0.5, 0.6) is 0 Å². The zero-order valence-corrected chi connectivity index (χ0v) is 15.1. The lowest BCUT2D eigenvalue weighted by atomic mass is 9.96. The second kappa shape index (κ2) is 7.45. The van der Waals surface area contributed by atoms with E-state index < -0.39 is 0 Å². The number of aryl methyl sites for hydroxylation is 3. The van der Waals surface area contributed by atoms with E-state index in [0.29, 0.717) is 6.61 Å². The summed E-state index contributed by atoms with van der Waals surface area (Å²) >= 11 is 0. The number of anilines is 1. The first kappa shape index (κ1) is 17.0. The van der Waals surface area contributed by atoms with Crippen LogP contribution in [0.1, 0.15) is 48.7 Å². The number of hydrogen-bond donors (Lipinski definition) is 2. The van der Waals surface area contributed by atoms with Crippen LogP contribution < -0.4 is 10.6 Å². The van der Waals surface area contributed by atoms with Crippen LogP contribution in [0.25, 0.3) is 0 Å². The molecule has 0 saturated carbocycles. The first-order valence-electron chi connectivity index (χ1n) is 9.34. The van der Waals surface area contributed by atoms with Crippen molar-refractivity contribution in [2.45, 2.75) is 50.7 Å². The van der Waals surface area contributed by atoms with Crippen LogP contribution in [0.15, 0.2) is 24.5 Å². The summed E-state index contributed by atoms with van der Waals surface area (Å²) in [5, 5.41) is 10.2. The molecule has 0 spiro atoms. The van der Waals surface area contributed by atoms with Gasteiger partial charge in [-0.05, 0) is 56.2 Å². The lowest BCUT2D eigenvalue weighted by Gasteiger charge is -2.30. The third kappa shape index (κ3) is 3.72. The maximum Gasteiger partial charge on any atom is 0.319 e. The van der Waals surface area contributed by atoms with Gasteiger partial charge in [-0.2, -0.15) is 5.10 Å². The molecule has 0 radical (unpaired) electrons. The van der Waals surface area contributed by atoms with Crippen molar-refractivity contribution in [3.8, 4) is 0 Å². The van der Waals surface area contributed by atoms with Crippen molar-refractivity contribution in [2.75, 3.05) is 11.9 Å². The van der Waals surface area contributed by atoms with E-state index in [9.17, 15) is 4.79 Å². The van der Waals surface area contributed by atoms with Crippen LogP contribution in [0.4, 0.5) is 10.5 Å². The molecular weight excluding hydrogens is 330 g/mol. The normalized spacial score (nSPS) is 22.5. The summed E-state index contributed by atoms with van der Waals surface area (Å²) < 4.78 is 7.68. The van der Waals surface area contributed by atoms with E-state index in [2.05, 4.69) is 26.8 Å². The molecule has 4 rings (SSSR count). The SMILES string of the molecule is Cn1nccc1C1CC(NC(=O)Nc2cnc3c(c2)CCCC3)CCO1. The summed E-state index contributed by atoms with van der Waals surface area (Å²) in [6.07, 6.45) is 9.53. The number of carbonyl (C=O) groups is 1. The van der Waals surface area contributed by atoms with E-state index in [1.54, 1.807) is 12.4 Å². The van der Waals surface area contributed by atoms with Crippen LogP contribution in [0.3, 0.4) is 0 Å². The Morgan fingerprint density at radius 3 is 3.08 bits per heavy atom. The fraction of sp³-hybridized carbons (Fsp3) is 0.526. The predicted octanol–water partition coefficient (Wildman–Crippen LogP) is 2.74.